The van der Waals surface area contributed by atoms with E-state index >= 15 is 0 Å². The molecule has 0 spiro atoms. The van der Waals surface area contributed by atoms with Gasteiger partial charge >= 0.3 is 5.51 Å². The quantitative estimate of drug-likeness (QED) is 0.792. The molecule has 0 fully saturated rings. The Morgan fingerprint density at radius 1 is 1.05 bits per heavy atom. The summed E-state index contributed by atoms with van der Waals surface area (Å²) >= 11 is -0.121. The van der Waals surface area contributed by atoms with Gasteiger partial charge in [-0.15, -0.1) is 0 Å². The molecule has 0 unspecified atom stereocenters. The zero-order valence-electron chi connectivity index (χ0n) is 11.3. The van der Waals surface area contributed by atoms with Gasteiger partial charge in [-0.3, -0.25) is 0 Å². The number of hydrogen-bond donors (Lipinski definition) is 1. The summed E-state index contributed by atoms with van der Waals surface area (Å²) in [6.07, 6.45) is 0. The molecule has 112 valence electrons. The molecule has 0 aliphatic rings. The summed E-state index contributed by atoms with van der Waals surface area (Å²) in [5.41, 5.74) is -2.97. The summed E-state index contributed by atoms with van der Waals surface area (Å²) in [6.45, 7) is 0.388. The lowest BCUT2D eigenvalue weighted by Gasteiger charge is -2.14. The maximum absolute atomic E-state index is 12.5. The van der Waals surface area contributed by atoms with Gasteiger partial charge in [0.05, 0.1) is 7.11 Å². The third-order valence-electron chi connectivity index (χ3n) is 2.77. The van der Waals surface area contributed by atoms with Crippen molar-refractivity contribution >= 4 is 17.4 Å². The van der Waals surface area contributed by atoms with Crippen LogP contribution in [0.4, 0.5) is 18.9 Å². The molecule has 2 aromatic carbocycles. The summed E-state index contributed by atoms with van der Waals surface area (Å²) < 4.78 is 42.8. The van der Waals surface area contributed by atoms with Crippen LogP contribution in [0.5, 0.6) is 5.75 Å². The Morgan fingerprint density at radius 3 is 2.43 bits per heavy atom. The molecule has 0 bridgehead atoms. The molecular formula is C15H14F3NOS. The van der Waals surface area contributed by atoms with Crippen LogP contribution in [0.2, 0.25) is 0 Å². The van der Waals surface area contributed by atoms with Gasteiger partial charge in [-0.1, -0.05) is 30.3 Å². The Morgan fingerprint density at radius 2 is 1.71 bits per heavy atom. The van der Waals surface area contributed by atoms with E-state index in [1.807, 2.05) is 24.3 Å². The van der Waals surface area contributed by atoms with E-state index in [4.69, 9.17) is 4.74 Å². The van der Waals surface area contributed by atoms with Crippen molar-refractivity contribution in [2.75, 3.05) is 12.4 Å². The van der Waals surface area contributed by atoms with Crippen molar-refractivity contribution in [3.05, 3.63) is 54.1 Å². The predicted molar refractivity (Wildman–Crippen MR) is 78.7 cm³/mol. The zero-order valence-corrected chi connectivity index (χ0v) is 12.1. The van der Waals surface area contributed by atoms with Crippen LogP contribution in [-0.2, 0) is 6.54 Å². The Balaban J connectivity index is 2.13. The minimum Gasteiger partial charge on any atom is -0.496 e. The average Bonchev–Trinajstić information content (AvgIpc) is 2.45. The molecule has 2 aromatic rings. The van der Waals surface area contributed by atoms with Gasteiger partial charge in [0, 0.05) is 22.7 Å². The first-order chi connectivity index (χ1) is 9.99. The zero-order chi connectivity index (χ0) is 15.3. The van der Waals surface area contributed by atoms with E-state index in [1.54, 1.807) is 25.3 Å². The fraction of sp³-hybridized carbons (Fsp3) is 0.200. The SMILES string of the molecule is COc1ccccc1CNc1ccccc1SC(F)(F)F. The highest BCUT2D eigenvalue weighted by atomic mass is 32.2. The molecule has 0 aliphatic carbocycles. The number of rotatable bonds is 5. The van der Waals surface area contributed by atoms with Crippen molar-refractivity contribution in [1.29, 1.82) is 0 Å². The second-order valence-electron chi connectivity index (χ2n) is 4.21. The summed E-state index contributed by atoms with van der Waals surface area (Å²) in [4.78, 5) is 0.153. The summed E-state index contributed by atoms with van der Waals surface area (Å²) in [5, 5.41) is 3.03. The third kappa shape index (κ3) is 4.60. The number of benzene rings is 2. The van der Waals surface area contributed by atoms with Crippen molar-refractivity contribution in [2.45, 2.75) is 16.9 Å². The lowest BCUT2D eigenvalue weighted by Crippen LogP contribution is -2.05. The summed E-state index contributed by atoms with van der Waals surface area (Å²) in [6, 6.07) is 13.7. The minimum absolute atomic E-state index is 0.121. The van der Waals surface area contributed by atoms with Crippen LogP contribution < -0.4 is 10.1 Å². The smallest absolute Gasteiger partial charge is 0.446 e. The summed E-state index contributed by atoms with van der Waals surface area (Å²) in [7, 11) is 1.56. The number of thioether (sulfide) groups is 1. The van der Waals surface area contributed by atoms with E-state index in [0.29, 0.717) is 18.0 Å². The Kier molecular flexibility index (Phi) is 5.01. The van der Waals surface area contributed by atoms with Crippen LogP contribution >= 0.6 is 11.8 Å². The maximum Gasteiger partial charge on any atom is 0.446 e. The summed E-state index contributed by atoms with van der Waals surface area (Å²) in [5.74, 6) is 0.700. The number of anilines is 1. The Bertz CT molecular complexity index is 601. The first-order valence-corrected chi connectivity index (χ1v) is 7.02. The highest BCUT2D eigenvalue weighted by Gasteiger charge is 2.30. The van der Waals surface area contributed by atoms with E-state index in [1.165, 1.54) is 6.07 Å². The van der Waals surface area contributed by atoms with E-state index < -0.39 is 5.51 Å². The van der Waals surface area contributed by atoms with Gasteiger partial charge in [0.15, 0.2) is 0 Å². The first-order valence-electron chi connectivity index (χ1n) is 6.20. The molecule has 1 N–H and O–H groups in total. The number of para-hydroxylation sites is 2. The number of nitrogens with one attached hydrogen (secondary N) is 1. The topological polar surface area (TPSA) is 21.3 Å². The molecule has 6 heteroatoms. The Hall–Kier alpha value is -1.82. The molecule has 2 nitrogen and oxygen atoms in total. The van der Waals surface area contributed by atoms with Gasteiger partial charge in [-0.2, -0.15) is 13.2 Å². The van der Waals surface area contributed by atoms with Crippen LogP contribution in [0, 0.1) is 0 Å². The molecule has 0 aromatic heterocycles. The number of methoxy groups -OCH3 is 1. The van der Waals surface area contributed by atoms with Gasteiger partial charge in [0.2, 0.25) is 0 Å². The van der Waals surface area contributed by atoms with Gasteiger partial charge in [0.1, 0.15) is 5.75 Å². The number of halogens is 3. The average molecular weight is 313 g/mol. The fourth-order valence-corrected chi connectivity index (χ4v) is 2.51. The largest absolute Gasteiger partial charge is 0.496 e. The van der Waals surface area contributed by atoms with Gasteiger partial charge < -0.3 is 10.1 Å². The highest BCUT2D eigenvalue weighted by Crippen LogP contribution is 2.40. The molecular weight excluding hydrogens is 299 g/mol. The predicted octanol–water partition coefficient (Wildman–Crippen LogP) is 4.92. The van der Waals surface area contributed by atoms with E-state index in [-0.39, 0.29) is 16.7 Å². The first kappa shape index (κ1) is 15.6. The van der Waals surface area contributed by atoms with E-state index in [0.717, 1.165) is 5.56 Å². The molecule has 0 atom stereocenters. The second-order valence-corrected chi connectivity index (χ2v) is 5.32. The normalized spacial score (nSPS) is 11.2. The molecule has 2 rings (SSSR count). The Labute approximate surface area is 125 Å². The van der Waals surface area contributed by atoms with E-state index in [9.17, 15) is 13.2 Å². The lowest BCUT2D eigenvalue weighted by molar-refractivity contribution is -0.0327. The van der Waals surface area contributed by atoms with Crippen molar-refractivity contribution in [1.82, 2.24) is 0 Å². The third-order valence-corrected chi connectivity index (χ3v) is 3.58. The van der Waals surface area contributed by atoms with Crippen LogP contribution in [0.1, 0.15) is 5.56 Å². The monoisotopic (exact) mass is 313 g/mol. The van der Waals surface area contributed by atoms with Crippen LogP contribution in [0.15, 0.2) is 53.4 Å². The molecule has 0 heterocycles. The van der Waals surface area contributed by atoms with Crippen LogP contribution in [-0.4, -0.2) is 12.6 Å². The number of alkyl halides is 3. The molecule has 0 saturated heterocycles. The molecule has 21 heavy (non-hydrogen) atoms. The molecule has 0 aliphatic heterocycles. The molecule has 0 amide bonds. The molecule has 0 radical (unpaired) electrons. The lowest BCUT2D eigenvalue weighted by atomic mass is 10.2. The maximum atomic E-state index is 12.5. The minimum atomic E-state index is -4.30. The van der Waals surface area contributed by atoms with Gasteiger partial charge in [-0.05, 0) is 30.0 Å². The van der Waals surface area contributed by atoms with Crippen molar-refractivity contribution in [3.63, 3.8) is 0 Å². The van der Waals surface area contributed by atoms with E-state index in [2.05, 4.69) is 5.32 Å². The number of hydrogen-bond acceptors (Lipinski definition) is 3. The van der Waals surface area contributed by atoms with Crippen LogP contribution in [0.25, 0.3) is 0 Å². The van der Waals surface area contributed by atoms with Gasteiger partial charge in [-0.25, -0.2) is 0 Å². The standard InChI is InChI=1S/C15H14F3NOS/c1-20-13-8-4-2-6-11(13)10-19-12-7-3-5-9-14(12)21-15(16,17)18/h2-9,19H,10H2,1H3. The van der Waals surface area contributed by atoms with Crippen molar-refractivity contribution < 1.29 is 17.9 Å². The number of ether oxygens (including phenoxy) is 1. The molecule has 0 saturated carbocycles. The highest BCUT2D eigenvalue weighted by molar-refractivity contribution is 8.00. The van der Waals surface area contributed by atoms with Crippen molar-refractivity contribution in [3.8, 4) is 5.75 Å². The fourth-order valence-electron chi connectivity index (χ4n) is 1.87. The second kappa shape index (κ2) is 6.76. The van der Waals surface area contributed by atoms with Crippen molar-refractivity contribution in [2.24, 2.45) is 0 Å². The van der Waals surface area contributed by atoms with Crippen LogP contribution in [0.3, 0.4) is 0 Å². The van der Waals surface area contributed by atoms with Gasteiger partial charge in [0.25, 0.3) is 0 Å².